The lowest BCUT2D eigenvalue weighted by Gasteiger charge is -2.33. The van der Waals surface area contributed by atoms with Crippen molar-refractivity contribution in [3.05, 3.63) is 76.4 Å². The zero-order valence-corrected chi connectivity index (χ0v) is 18.7. The minimum absolute atomic E-state index is 0.0811. The molecule has 1 aliphatic rings. The van der Waals surface area contributed by atoms with E-state index < -0.39 is 10.0 Å². The molecule has 9 heteroatoms. The zero-order valence-electron chi connectivity index (χ0n) is 16.4. The Balaban J connectivity index is 1.45. The topological polar surface area (TPSA) is 70.6 Å². The largest absolute Gasteiger partial charge is 0.337 e. The lowest BCUT2D eigenvalue weighted by Crippen LogP contribution is -2.50. The number of hydrogen-bond donors (Lipinski definition) is 0. The molecule has 31 heavy (non-hydrogen) atoms. The van der Waals surface area contributed by atoms with Crippen LogP contribution >= 0.6 is 23.2 Å². The fourth-order valence-corrected chi connectivity index (χ4v) is 6.05. The van der Waals surface area contributed by atoms with Crippen LogP contribution in [0.2, 0.25) is 10.0 Å². The number of pyridine rings is 1. The van der Waals surface area contributed by atoms with Crippen LogP contribution in [0.5, 0.6) is 0 Å². The average Bonchev–Trinajstić information content (AvgIpc) is 2.77. The summed E-state index contributed by atoms with van der Waals surface area (Å²) in [6.45, 7) is 0.884. The number of amides is 1. The van der Waals surface area contributed by atoms with Gasteiger partial charge >= 0.3 is 0 Å². The van der Waals surface area contributed by atoms with Gasteiger partial charge in [-0.2, -0.15) is 4.31 Å². The molecular formula is C22H19Cl2N3O3S. The molecule has 0 atom stereocenters. The molecule has 1 aromatic heterocycles. The summed E-state index contributed by atoms with van der Waals surface area (Å²) in [6.07, 6.45) is 4.95. The minimum Gasteiger partial charge on any atom is -0.337 e. The first-order valence-electron chi connectivity index (χ1n) is 9.63. The smallest absolute Gasteiger partial charge is 0.246 e. The van der Waals surface area contributed by atoms with Crippen molar-refractivity contribution in [3.8, 4) is 0 Å². The molecule has 1 saturated heterocycles. The molecule has 0 unspecified atom stereocenters. The SMILES string of the molecule is O=C(/C=C/c1cccc2cccnc12)N1CCN(S(=O)(=O)c2c(Cl)cccc2Cl)CC1. The molecule has 0 radical (unpaired) electrons. The van der Waals surface area contributed by atoms with E-state index in [2.05, 4.69) is 4.98 Å². The summed E-state index contributed by atoms with van der Waals surface area (Å²) in [5, 5.41) is 1.16. The van der Waals surface area contributed by atoms with E-state index in [9.17, 15) is 13.2 Å². The van der Waals surface area contributed by atoms with Gasteiger partial charge in [0.05, 0.1) is 15.6 Å². The van der Waals surface area contributed by atoms with Crippen LogP contribution in [0.4, 0.5) is 0 Å². The molecule has 0 N–H and O–H groups in total. The molecule has 2 heterocycles. The van der Waals surface area contributed by atoms with Gasteiger partial charge in [0.1, 0.15) is 4.90 Å². The molecule has 1 aliphatic heterocycles. The van der Waals surface area contributed by atoms with Crippen molar-refractivity contribution in [1.29, 1.82) is 0 Å². The second-order valence-corrected chi connectivity index (χ2v) is 9.73. The van der Waals surface area contributed by atoms with E-state index in [4.69, 9.17) is 23.2 Å². The van der Waals surface area contributed by atoms with Gasteiger partial charge in [-0.25, -0.2) is 8.42 Å². The highest BCUT2D eigenvalue weighted by atomic mass is 35.5. The second-order valence-electron chi connectivity index (χ2n) is 7.04. The number of carbonyl (C=O) groups excluding carboxylic acids is 1. The molecule has 2 aromatic carbocycles. The maximum absolute atomic E-state index is 13.0. The van der Waals surface area contributed by atoms with Crippen LogP contribution in [0.15, 0.2) is 65.7 Å². The Bertz CT molecular complexity index is 1240. The number of piperazine rings is 1. The molecule has 6 nitrogen and oxygen atoms in total. The predicted octanol–water partition coefficient (Wildman–Crippen LogP) is 4.09. The Kier molecular flexibility index (Phi) is 6.29. The molecule has 0 aliphatic carbocycles. The van der Waals surface area contributed by atoms with Gasteiger partial charge in [0.15, 0.2) is 0 Å². The minimum atomic E-state index is -3.85. The number of aromatic nitrogens is 1. The molecule has 160 valence electrons. The van der Waals surface area contributed by atoms with Crippen molar-refractivity contribution in [1.82, 2.24) is 14.2 Å². The Morgan fingerprint density at radius 3 is 2.29 bits per heavy atom. The summed E-state index contributed by atoms with van der Waals surface area (Å²) < 4.78 is 27.3. The van der Waals surface area contributed by atoms with Crippen LogP contribution < -0.4 is 0 Å². The highest BCUT2D eigenvalue weighted by Crippen LogP contribution is 2.31. The molecule has 0 saturated carbocycles. The first kappa shape index (κ1) is 21.8. The number of rotatable bonds is 4. The molecule has 0 spiro atoms. The Morgan fingerprint density at radius 2 is 1.58 bits per heavy atom. The van der Waals surface area contributed by atoms with E-state index in [0.29, 0.717) is 0 Å². The zero-order chi connectivity index (χ0) is 22.0. The van der Waals surface area contributed by atoms with Crippen molar-refractivity contribution in [3.63, 3.8) is 0 Å². The van der Waals surface area contributed by atoms with Crippen LogP contribution in [-0.4, -0.2) is 54.7 Å². The number of para-hydroxylation sites is 1. The van der Waals surface area contributed by atoms with Gasteiger partial charge in [-0.1, -0.05) is 53.5 Å². The van der Waals surface area contributed by atoms with Gasteiger partial charge < -0.3 is 4.90 Å². The van der Waals surface area contributed by atoms with E-state index in [-0.39, 0.29) is 47.0 Å². The Morgan fingerprint density at radius 1 is 0.935 bits per heavy atom. The lowest BCUT2D eigenvalue weighted by molar-refractivity contribution is -0.127. The molecule has 1 amide bonds. The standard InChI is InChI=1S/C22H19Cl2N3O3S/c23-18-7-2-8-19(24)22(18)31(29,30)27-14-12-26(13-15-27)20(28)10-9-17-5-1-4-16-6-3-11-25-21(16)17/h1-11H,12-15H2/b10-9+. The van der Waals surface area contributed by atoms with Crippen LogP contribution in [0.1, 0.15) is 5.56 Å². The van der Waals surface area contributed by atoms with E-state index >= 15 is 0 Å². The van der Waals surface area contributed by atoms with E-state index in [1.165, 1.54) is 22.5 Å². The van der Waals surface area contributed by atoms with Gasteiger partial charge in [0.2, 0.25) is 15.9 Å². The maximum Gasteiger partial charge on any atom is 0.246 e. The molecule has 1 fully saturated rings. The van der Waals surface area contributed by atoms with Crippen molar-refractivity contribution >= 4 is 56.1 Å². The van der Waals surface area contributed by atoms with Crippen LogP contribution in [0.3, 0.4) is 0 Å². The van der Waals surface area contributed by atoms with Crippen LogP contribution in [0, 0.1) is 0 Å². The number of hydrogen-bond acceptors (Lipinski definition) is 4. The third kappa shape index (κ3) is 4.45. The van der Waals surface area contributed by atoms with Gasteiger partial charge in [-0.05, 0) is 24.3 Å². The average molecular weight is 476 g/mol. The summed E-state index contributed by atoms with van der Waals surface area (Å²) >= 11 is 12.2. The summed E-state index contributed by atoms with van der Waals surface area (Å²) in [5.74, 6) is -0.180. The van der Waals surface area contributed by atoms with Crippen molar-refractivity contribution in [2.75, 3.05) is 26.2 Å². The lowest BCUT2D eigenvalue weighted by atomic mass is 10.1. The van der Waals surface area contributed by atoms with Gasteiger partial charge in [0, 0.05) is 49.4 Å². The predicted molar refractivity (Wildman–Crippen MR) is 123 cm³/mol. The Labute approximate surface area is 190 Å². The number of fused-ring (bicyclic) bond motifs is 1. The number of carbonyl (C=O) groups is 1. The van der Waals surface area contributed by atoms with E-state index in [1.807, 2.05) is 30.3 Å². The summed E-state index contributed by atoms with van der Waals surface area (Å²) in [5.41, 5.74) is 1.67. The second kappa shape index (κ2) is 8.96. The number of halogens is 2. The quantitative estimate of drug-likeness (QED) is 0.532. The van der Waals surface area contributed by atoms with Gasteiger partial charge in [-0.15, -0.1) is 0 Å². The summed E-state index contributed by atoms with van der Waals surface area (Å²) in [4.78, 5) is 18.6. The molecule has 0 bridgehead atoms. The number of nitrogens with zero attached hydrogens (tertiary/aromatic N) is 3. The highest BCUT2D eigenvalue weighted by molar-refractivity contribution is 7.89. The summed E-state index contributed by atoms with van der Waals surface area (Å²) in [7, 11) is -3.85. The third-order valence-electron chi connectivity index (χ3n) is 5.14. The number of sulfonamides is 1. The summed E-state index contributed by atoms with van der Waals surface area (Å²) in [6, 6.07) is 14.2. The fraction of sp³-hybridized carbons (Fsp3) is 0.182. The first-order chi connectivity index (χ1) is 14.9. The molecule has 4 rings (SSSR count). The molecule has 3 aromatic rings. The first-order valence-corrected chi connectivity index (χ1v) is 11.8. The van der Waals surface area contributed by atoms with Crippen molar-refractivity contribution in [2.24, 2.45) is 0 Å². The maximum atomic E-state index is 13.0. The van der Waals surface area contributed by atoms with Crippen molar-refractivity contribution in [2.45, 2.75) is 4.90 Å². The normalized spacial score (nSPS) is 15.6. The van der Waals surface area contributed by atoms with Gasteiger partial charge in [0.25, 0.3) is 0 Å². The van der Waals surface area contributed by atoms with Gasteiger partial charge in [-0.3, -0.25) is 9.78 Å². The fourth-order valence-electron chi connectivity index (χ4n) is 3.54. The highest BCUT2D eigenvalue weighted by Gasteiger charge is 2.32. The van der Waals surface area contributed by atoms with Crippen LogP contribution in [-0.2, 0) is 14.8 Å². The van der Waals surface area contributed by atoms with E-state index in [0.717, 1.165) is 16.5 Å². The van der Waals surface area contributed by atoms with Crippen molar-refractivity contribution < 1.29 is 13.2 Å². The van der Waals surface area contributed by atoms with E-state index in [1.54, 1.807) is 23.2 Å². The van der Waals surface area contributed by atoms with Crippen LogP contribution in [0.25, 0.3) is 17.0 Å². The monoisotopic (exact) mass is 475 g/mol. The third-order valence-corrected chi connectivity index (χ3v) is 7.99. The Hall–Kier alpha value is -2.45. The number of benzene rings is 2. The molecular weight excluding hydrogens is 457 g/mol.